The van der Waals surface area contributed by atoms with Crippen LogP contribution in [0.4, 0.5) is 0 Å². The average molecular weight is 447 g/mol. The molecule has 168 valence electrons. The summed E-state index contributed by atoms with van der Waals surface area (Å²) in [6.07, 6.45) is 1.01. The predicted molar refractivity (Wildman–Crippen MR) is 119 cm³/mol. The highest BCUT2D eigenvalue weighted by Gasteiger charge is 2.29. The zero-order valence-electron chi connectivity index (χ0n) is 18.1. The maximum atomic E-state index is 12.9. The first-order chi connectivity index (χ1) is 14.9. The molecule has 0 atom stereocenters. The van der Waals surface area contributed by atoms with E-state index in [9.17, 15) is 13.2 Å². The van der Waals surface area contributed by atoms with Crippen molar-refractivity contribution in [3.63, 3.8) is 0 Å². The Labute approximate surface area is 184 Å². The second-order valence-electron chi connectivity index (χ2n) is 7.41. The van der Waals surface area contributed by atoms with Crippen molar-refractivity contribution in [1.29, 1.82) is 0 Å². The van der Waals surface area contributed by atoms with Crippen molar-refractivity contribution in [2.45, 2.75) is 31.6 Å². The number of nitrogens with zero attached hydrogens (tertiary/aromatic N) is 2. The largest absolute Gasteiger partial charge is 0.494 e. The molecule has 0 spiro atoms. The molecule has 0 N–H and O–H groups in total. The summed E-state index contributed by atoms with van der Waals surface area (Å²) in [5, 5.41) is 0. The number of carbonyl (C=O) groups excluding carboxylic acids is 1. The van der Waals surface area contributed by atoms with E-state index >= 15 is 0 Å². The van der Waals surface area contributed by atoms with Crippen LogP contribution in [-0.4, -0.2) is 62.9 Å². The van der Waals surface area contributed by atoms with Gasteiger partial charge in [0.2, 0.25) is 15.9 Å². The van der Waals surface area contributed by atoms with E-state index in [0.29, 0.717) is 58.0 Å². The van der Waals surface area contributed by atoms with Crippen molar-refractivity contribution in [3.05, 3.63) is 54.1 Å². The summed E-state index contributed by atoms with van der Waals surface area (Å²) in [5.41, 5.74) is 1.07. The Morgan fingerprint density at radius 2 is 1.65 bits per heavy atom. The number of sulfonamides is 1. The number of amides is 1. The molecule has 1 aliphatic rings. The zero-order chi connectivity index (χ0) is 22.3. The molecule has 1 heterocycles. The maximum absolute atomic E-state index is 12.9. The molecule has 2 aromatic rings. The van der Waals surface area contributed by atoms with E-state index in [4.69, 9.17) is 9.47 Å². The number of aryl methyl sites for hydroxylation is 1. The van der Waals surface area contributed by atoms with Gasteiger partial charge in [-0.3, -0.25) is 4.79 Å². The Kier molecular flexibility index (Phi) is 7.92. The smallest absolute Gasteiger partial charge is 0.243 e. The van der Waals surface area contributed by atoms with Crippen LogP contribution in [0, 0.1) is 6.92 Å². The van der Waals surface area contributed by atoms with Gasteiger partial charge in [-0.05, 0) is 56.2 Å². The van der Waals surface area contributed by atoms with Gasteiger partial charge in [0.1, 0.15) is 11.5 Å². The van der Waals surface area contributed by atoms with E-state index in [2.05, 4.69) is 0 Å². The van der Waals surface area contributed by atoms with E-state index in [1.807, 2.05) is 38.1 Å². The van der Waals surface area contributed by atoms with Crippen molar-refractivity contribution < 1.29 is 22.7 Å². The Hall–Kier alpha value is -2.58. The van der Waals surface area contributed by atoms with Crippen LogP contribution in [0.25, 0.3) is 0 Å². The topological polar surface area (TPSA) is 76.2 Å². The maximum Gasteiger partial charge on any atom is 0.243 e. The lowest BCUT2D eigenvalue weighted by molar-refractivity contribution is -0.132. The normalized spacial score (nSPS) is 15.0. The monoisotopic (exact) mass is 446 g/mol. The lowest BCUT2D eigenvalue weighted by Crippen LogP contribution is -2.50. The summed E-state index contributed by atoms with van der Waals surface area (Å²) < 4.78 is 38.3. The molecule has 0 aromatic heterocycles. The third-order valence-corrected chi connectivity index (χ3v) is 7.16. The van der Waals surface area contributed by atoms with E-state index in [1.165, 1.54) is 4.31 Å². The molecule has 2 aromatic carbocycles. The first kappa shape index (κ1) is 23.1. The number of piperazine rings is 1. The molecular weight excluding hydrogens is 416 g/mol. The van der Waals surface area contributed by atoms with Gasteiger partial charge in [-0.2, -0.15) is 4.31 Å². The molecule has 1 saturated heterocycles. The van der Waals surface area contributed by atoms with E-state index < -0.39 is 10.0 Å². The van der Waals surface area contributed by atoms with Crippen LogP contribution in [-0.2, 0) is 14.8 Å². The molecule has 1 fully saturated rings. The number of carbonyl (C=O) groups is 1. The fraction of sp³-hybridized carbons (Fsp3) is 0.435. The molecule has 1 aliphatic heterocycles. The van der Waals surface area contributed by atoms with Crippen LogP contribution in [0.1, 0.15) is 25.3 Å². The number of hydrogen-bond donors (Lipinski definition) is 0. The lowest BCUT2D eigenvalue weighted by Gasteiger charge is -2.34. The standard InChI is InChI=1S/C23H30N2O5S/c1-3-29-20-10-12-21(13-11-20)31(27,28)25-16-14-24(15-17-25)23(26)9-6-18-30-22-8-5-4-7-19(22)2/h4-5,7-8,10-13H,3,6,9,14-18H2,1-2H3. The van der Waals surface area contributed by atoms with Crippen molar-refractivity contribution in [3.8, 4) is 11.5 Å². The first-order valence-electron chi connectivity index (χ1n) is 10.6. The third kappa shape index (κ3) is 5.98. The second-order valence-corrected chi connectivity index (χ2v) is 9.34. The molecule has 3 rings (SSSR count). The summed E-state index contributed by atoms with van der Waals surface area (Å²) in [7, 11) is -3.58. The fourth-order valence-electron chi connectivity index (χ4n) is 3.48. The molecule has 31 heavy (non-hydrogen) atoms. The third-order valence-electron chi connectivity index (χ3n) is 5.25. The first-order valence-corrected chi connectivity index (χ1v) is 12.0. The SMILES string of the molecule is CCOc1ccc(S(=O)(=O)N2CCN(C(=O)CCCOc3ccccc3C)CC2)cc1. The van der Waals surface area contributed by atoms with E-state index in [-0.39, 0.29) is 10.8 Å². The highest BCUT2D eigenvalue weighted by Crippen LogP contribution is 2.21. The van der Waals surface area contributed by atoms with Gasteiger partial charge in [-0.25, -0.2) is 8.42 Å². The van der Waals surface area contributed by atoms with Crippen molar-refractivity contribution >= 4 is 15.9 Å². The number of rotatable bonds is 9. The van der Waals surface area contributed by atoms with Crippen LogP contribution in [0.2, 0.25) is 0 Å². The van der Waals surface area contributed by atoms with Crippen LogP contribution >= 0.6 is 0 Å². The minimum absolute atomic E-state index is 0.0338. The predicted octanol–water partition coefficient (Wildman–Crippen LogP) is 3.09. The van der Waals surface area contributed by atoms with Gasteiger partial charge in [-0.15, -0.1) is 0 Å². The summed E-state index contributed by atoms with van der Waals surface area (Å²) in [6, 6.07) is 14.2. The number of benzene rings is 2. The Balaban J connectivity index is 1.45. The van der Waals surface area contributed by atoms with Crippen molar-refractivity contribution in [2.24, 2.45) is 0 Å². The van der Waals surface area contributed by atoms with Crippen LogP contribution < -0.4 is 9.47 Å². The van der Waals surface area contributed by atoms with E-state index in [0.717, 1.165) is 11.3 Å². The summed E-state index contributed by atoms with van der Waals surface area (Å²) >= 11 is 0. The minimum atomic E-state index is -3.58. The average Bonchev–Trinajstić information content (AvgIpc) is 2.78. The summed E-state index contributed by atoms with van der Waals surface area (Å²) in [5.74, 6) is 1.51. The second kappa shape index (κ2) is 10.6. The minimum Gasteiger partial charge on any atom is -0.494 e. The molecule has 8 heteroatoms. The van der Waals surface area contributed by atoms with Crippen LogP contribution in [0.15, 0.2) is 53.4 Å². The van der Waals surface area contributed by atoms with Gasteiger partial charge < -0.3 is 14.4 Å². The zero-order valence-corrected chi connectivity index (χ0v) is 18.9. The fourth-order valence-corrected chi connectivity index (χ4v) is 4.91. The molecule has 0 saturated carbocycles. The lowest BCUT2D eigenvalue weighted by atomic mass is 10.2. The van der Waals surface area contributed by atoms with Crippen molar-refractivity contribution in [1.82, 2.24) is 9.21 Å². The Morgan fingerprint density at radius 1 is 0.968 bits per heavy atom. The number of ether oxygens (including phenoxy) is 2. The molecule has 7 nitrogen and oxygen atoms in total. The highest BCUT2D eigenvalue weighted by molar-refractivity contribution is 7.89. The molecule has 0 radical (unpaired) electrons. The molecular formula is C23H30N2O5S. The number of para-hydroxylation sites is 1. The summed E-state index contributed by atoms with van der Waals surface area (Å²) in [6.45, 7) is 6.25. The van der Waals surface area contributed by atoms with Crippen LogP contribution in [0.5, 0.6) is 11.5 Å². The van der Waals surface area contributed by atoms with Gasteiger partial charge in [0, 0.05) is 32.6 Å². The molecule has 0 unspecified atom stereocenters. The summed E-state index contributed by atoms with van der Waals surface area (Å²) in [4.78, 5) is 14.5. The molecule has 0 bridgehead atoms. The Bertz CT molecular complexity index is 968. The van der Waals surface area contributed by atoms with Crippen LogP contribution in [0.3, 0.4) is 0 Å². The van der Waals surface area contributed by atoms with E-state index in [1.54, 1.807) is 29.2 Å². The Morgan fingerprint density at radius 3 is 2.29 bits per heavy atom. The van der Waals surface area contributed by atoms with Gasteiger partial charge in [0.15, 0.2) is 0 Å². The van der Waals surface area contributed by atoms with Gasteiger partial charge in [-0.1, -0.05) is 18.2 Å². The van der Waals surface area contributed by atoms with Gasteiger partial charge >= 0.3 is 0 Å². The highest BCUT2D eigenvalue weighted by atomic mass is 32.2. The van der Waals surface area contributed by atoms with Crippen molar-refractivity contribution in [2.75, 3.05) is 39.4 Å². The molecule has 0 aliphatic carbocycles. The van der Waals surface area contributed by atoms with Gasteiger partial charge in [0.05, 0.1) is 18.1 Å². The molecule has 1 amide bonds. The number of hydrogen-bond acceptors (Lipinski definition) is 5. The quantitative estimate of drug-likeness (QED) is 0.554. The van der Waals surface area contributed by atoms with Gasteiger partial charge in [0.25, 0.3) is 0 Å².